The Labute approximate surface area is 80.6 Å². The van der Waals surface area contributed by atoms with Crippen LogP contribution in [0.3, 0.4) is 0 Å². The Balaban J connectivity index is 0. The molecule has 5 N–H and O–H groups in total. The molecule has 1 radical (unpaired) electrons. The second-order valence-electron chi connectivity index (χ2n) is 2.02. The molecular weight excluding hydrogens is 163 g/mol. The van der Waals surface area contributed by atoms with Crippen LogP contribution in [0, 0.1) is 0 Å². The fourth-order valence-electron chi connectivity index (χ4n) is 0.465. The Morgan fingerprint density at radius 2 is 1.67 bits per heavy atom. The van der Waals surface area contributed by atoms with Gasteiger partial charge >= 0.3 is 5.97 Å². The number of carboxylic acid groups (broad SMARTS) is 1. The molecule has 3 atom stereocenters. The number of aliphatic hydroxyl groups is 4. The molecule has 12 heavy (non-hydrogen) atoms. The standard InChI is InChI=1S/C5H10O6.Li/c6-1-2(7)3(8)4(9)5(10)11;/h2-4,6-9H,1H2,(H,10,11);. The third-order valence-corrected chi connectivity index (χ3v) is 1.16. The fraction of sp³-hybridized carbons (Fsp3) is 0.800. The van der Waals surface area contributed by atoms with Gasteiger partial charge in [-0.25, -0.2) is 4.79 Å². The summed E-state index contributed by atoms with van der Waals surface area (Å²) in [5.41, 5.74) is 0. The van der Waals surface area contributed by atoms with Crippen LogP contribution < -0.4 is 0 Å². The zero-order chi connectivity index (χ0) is 9.02. The van der Waals surface area contributed by atoms with E-state index in [1.807, 2.05) is 0 Å². The Bertz CT molecular complexity index is 140. The van der Waals surface area contributed by atoms with Gasteiger partial charge in [0.2, 0.25) is 0 Å². The average molecular weight is 173 g/mol. The summed E-state index contributed by atoms with van der Waals surface area (Å²) in [6.45, 7) is -0.800. The minimum absolute atomic E-state index is 0. The van der Waals surface area contributed by atoms with Gasteiger partial charge in [-0.05, 0) is 0 Å². The maximum absolute atomic E-state index is 9.96. The first kappa shape index (κ1) is 14.4. The van der Waals surface area contributed by atoms with E-state index in [-0.39, 0.29) is 18.9 Å². The third kappa shape index (κ3) is 4.06. The first-order valence-electron chi connectivity index (χ1n) is 2.88. The molecule has 0 fully saturated rings. The van der Waals surface area contributed by atoms with Gasteiger partial charge in [0.05, 0.1) is 6.61 Å². The van der Waals surface area contributed by atoms with Crippen molar-refractivity contribution < 1.29 is 30.3 Å². The van der Waals surface area contributed by atoms with Crippen molar-refractivity contribution in [1.82, 2.24) is 0 Å². The number of rotatable bonds is 4. The van der Waals surface area contributed by atoms with E-state index in [2.05, 4.69) is 0 Å². The quantitative estimate of drug-likeness (QED) is 0.285. The molecule has 0 saturated heterocycles. The van der Waals surface area contributed by atoms with Crippen LogP contribution in [0.15, 0.2) is 0 Å². The molecule has 0 aromatic carbocycles. The Kier molecular flexibility index (Phi) is 7.73. The molecule has 0 rings (SSSR count). The van der Waals surface area contributed by atoms with Crippen molar-refractivity contribution in [2.75, 3.05) is 6.61 Å². The largest absolute Gasteiger partial charge is 0.479 e. The molecule has 0 amide bonds. The molecule has 67 valence electrons. The van der Waals surface area contributed by atoms with Crippen molar-refractivity contribution in [1.29, 1.82) is 0 Å². The van der Waals surface area contributed by atoms with Gasteiger partial charge in [-0.2, -0.15) is 0 Å². The van der Waals surface area contributed by atoms with Crippen LogP contribution in [0.4, 0.5) is 0 Å². The smallest absolute Gasteiger partial charge is 0.335 e. The first-order chi connectivity index (χ1) is 5.00. The summed E-state index contributed by atoms with van der Waals surface area (Å²) >= 11 is 0. The molecule has 0 aromatic rings. The molecule has 3 unspecified atom stereocenters. The summed E-state index contributed by atoms with van der Waals surface area (Å²) in [4.78, 5) is 9.96. The van der Waals surface area contributed by atoms with Gasteiger partial charge in [0.15, 0.2) is 6.10 Å². The predicted octanol–water partition coefficient (Wildman–Crippen LogP) is -3.23. The molecular formula is C5H10LiO6. The molecule has 0 aliphatic carbocycles. The zero-order valence-corrected chi connectivity index (χ0v) is 6.58. The van der Waals surface area contributed by atoms with Gasteiger partial charge in [0, 0.05) is 18.9 Å². The predicted molar refractivity (Wildman–Crippen MR) is 38.5 cm³/mol. The van der Waals surface area contributed by atoms with E-state index >= 15 is 0 Å². The molecule has 6 nitrogen and oxygen atoms in total. The van der Waals surface area contributed by atoms with Gasteiger partial charge in [-0.15, -0.1) is 0 Å². The van der Waals surface area contributed by atoms with Crippen LogP contribution in [0.2, 0.25) is 0 Å². The second-order valence-corrected chi connectivity index (χ2v) is 2.02. The summed E-state index contributed by atoms with van der Waals surface area (Å²) in [5, 5.41) is 42.2. The number of carbonyl (C=O) groups is 1. The Morgan fingerprint density at radius 1 is 1.25 bits per heavy atom. The van der Waals surface area contributed by atoms with Gasteiger partial charge in [-0.1, -0.05) is 0 Å². The molecule has 0 aliphatic heterocycles. The first-order valence-corrected chi connectivity index (χ1v) is 2.88. The van der Waals surface area contributed by atoms with E-state index in [0.29, 0.717) is 0 Å². The topological polar surface area (TPSA) is 118 Å². The molecule has 0 bridgehead atoms. The minimum atomic E-state index is -2.07. The zero-order valence-electron chi connectivity index (χ0n) is 6.58. The SMILES string of the molecule is O=C(O)C(O)C(O)C(O)CO.[Li]. The van der Waals surface area contributed by atoms with Crippen molar-refractivity contribution in [3.8, 4) is 0 Å². The van der Waals surface area contributed by atoms with Gasteiger partial charge in [-0.3, -0.25) is 0 Å². The number of aliphatic carboxylic acids is 1. The third-order valence-electron chi connectivity index (χ3n) is 1.16. The van der Waals surface area contributed by atoms with Crippen LogP contribution >= 0.6 is 0 Å². The van der Waals surface area contributed by atoms with Crippen LogP contribution in [0.5, 0.6) is 0 Å². The normalized spacial score (nSPS) is 17.3. The van der Waals surface area contributed by atoms with Crippen LogP contribution in [0.1, 0.15) is 0 Å². The van der Waals surface area contributed by atoms with Crippen molar-refractivity contribution >= 4 is 24.8 Å². The summed E-state index contributed by atoms with van der Waals surface area (Å²) in [5.74, 6) is -1.65. The van der Waals surface area contributed by atoms with Crippen LogP contribution in [-0.2, 0) is 4.79 Å². The molecule has 7 heteroatoms. The summed E-state index contributed by atoms with van der Waals surface area (Å²) < 4.78 is 0. The Hall–Kier alpha value is -0.0926. The molecule has 0 heterocycles. The Morgan fingerprint density at radius 3 is 1.92 bits per heavy atom. The van der Waals surface area contributed by atoms with Gasteiger partial charge in [0.1, 0.15) is 12.2 Å². The molecule has 0 aromatic heterocycles. The molecule has 0 aliphatic rings. The summed E-state index contributed by atoms with van der Waals surface area (Å²) in [7, 11) is 0. The maximum Gasteiger partial charge on any atom is 0.335 e. The molecule has 0 saturated carbocycles. The van der Waals surface area contributed by atoms with E-state index < -0.39 is 30.9 Å². The van der Waals surface area contributed by atoms with Crippen LogP contribution in [-0.4, -0.2) is 75.3 Å². The number of hydrogen-bond acceptors (Lipinski definition) is 5. The van der Waals surface area contributed by atoms with E-state index in [9.17, 15) is 4.79 Å². The fourth-order valence-corrected chi connectivity index (χ4v) is 0.465. The average Bonchev–Trinajstić information content (AvgIpc) is 2.00. The maximum atomic E-state index is 9.96. The minimum Gasteiger partial charge on any atom is -0.479 e. The van der Waals surface area contributed by atoms with Crippen molar-refractivity contribution in [3.05, 3.63) is 0 Å². The molecule has 0 spiro atoms. The van der Waals surface area contributed by atoms with Crippen molar-refractivity contribution in [3.63, 3.8) is 0 Å². The van der Waals surface area contributed by atoms with Gasteiger partial charge in [0.25, 0.3) is 0 Å². The van der Waals surface area contributed by atoms with Crippen molar-refractivity contribution in [2.45, 2.75) is 18.3 Å². The van der Waals surface area contributed by atoms with E-state index in [1.54, 1.807) is 0 Å². The van der Waals surface area contributed by atoms with Crippen LogP contribution in [0.25, 0.3) is 0 Å². The van der Waals surface area contributed by atoms with Gasteiger partial charge < -0.3 is 25.5 Å². The number of aliphatic hydroxyl groups excluding tert-OH is 4. The van der Waals surface area contributed by atoms with E-state index in [1.165, 1.54) is 0 Å². The second kappa shape index (κ2) is 6.43. The van der Waals surface area contributed by atoms with Crippen molar-refractivity contribution in [2.24, 2.45) is 0 Å². The summed E-state index contributed by atoms with van der Waals surface area (Å²) in [6.07, 6.45) is -5.57. The number of carboxylic acids is 1. The monoisotopic (exact) mass is 173 g/mol. The van der Waals surface area contributed by atoms with E-state index in [4.69, 9.17) is 25.5 Å². The van der Waals surface area contributed by atoms with E-state index in [0.717, 1.165) is 0 Å². The number of hydrogen-bond donors (Lipinski definition) is 5. The summed E-state index contributed by atoms with van der Waals surface area (Å²) in [6, 6.07) is 0.